The minimum absolute atomic E-state index is 0.0716. The van der Waals surface area contributed by atoms with Crippen molar-refractivity contribution in [3.8, 4) is 11.4 Å². The number of carbonyl (C=O) groups is 1. The fourth-order valence-electron chi connectivity index (χ4n) is 3.62. The quantitative estimate of drug-likeness (QED) is 0.722. The molecule has 0 bridgehead atoms. The summed E-state index contributed by atoms with van der Waals surface area (Å²) in [7, 11) is 0. The molecule has 0 spiro atoms. The summed E-state index contributed by atoms with van der Waals surface area (Å²) in [6.45, 7) is 5.25. The van der Waals surface area contributed by atoms with Gasteiger partial charge in [0.15, 0.2) is 0 Å². The van der Waals surface area contributed by atoms with Crippen LogP contribution in [0.15, 0.2) is 48.5 Å². The van der Waals surface area contributed by atoms with Crippen LogP contribution in [0.4, 0.5) is 10.1 Å². The van der Waals surface area contributed by atoms with Gasteiger partial charge in [-0.3, -0.25) is 4.79 Å². The lowest BCUT2D eigenvalue weighted by molar-refractivity contribution is -0.120. The highest BCUT2D eigenvalue weighted by Gasteiger charge is 2.24. The summed E-state index contributed by atoms with van der Waals surface area (Å²) in [4.78, 5) is 14.3. The largest absolute Gasteiger partial charge is 0.489 e. The van der Waals surface area contributed by atoms with Crippen LogP contribution in [0.5, 0.6) is 5.75 Å². The Morgan fingerprint density at radius 3 is 2.76 bits per heavy atom. The van der Waals surface area contributed by atoms with Gasteiger partial charge >= 0.3 is 0 Å². The Morgan fingerprint density at radius 2 is 1.97 bits per heavy atom. The number of anilines is 1. The number of carbonyl (C=O) groups excluding carboxylic acids is 1. The average Bonchev–Trinajstić information content (AvgIpc) is 3.01. The van der Waals surface area contributed by atoms with Gasteiger partial charge < -0.3 is 15.0 Å². The van der Waals surface area contributed by atoms with Gasteiger partial charge in [-0.2, -0.15) is 5.10 Å². The summed E-state index contributed by atoms with van der Waals surface area (Å²) in [5.41, 5.74) is 4.16. The summed E-state index contributed by atoms with van der Waals surface area (Å²) in [5, 5.41) is 7.55. The third-order valence-electron chi connectivity index (χ3n) is 5.12. The minimum atomic E-state index is -0.383. The molecule has 1 aliphatic heterocycles. The van der Waals surface area contributed by atoms with Crippen LogP contribution in [0.3, 0.4) is 0 Å². The van der Waals surface area contributed by atoms with Crippen LogP contribution in [-0.2, 0) is 11.3 Å². The van der Waals surface area contributed by atoms with E-state index in [1.165, 1.54) is 6.07 Å². The zero-order valence-corrected chi connectivity index (χ0v) is 16.5. The van der Waals surface area contributed by atoms with E-state index < -0.39 is 0 Å². The van der Waals surface area contributed by atoms with E-state index in [-0.39, 0.29) is 18.3 Å². The van der Waals surface area contributed by atoms with Gasteiger partial charge in [-0.1, -0.05) is 24.3 Å². The topological polar surface area (TPSA) is 59.4 Å². The highest BCUT2D eigenvalue weighted by molar-refractivity contribution is 5.82. The van der Waals surface area contributed by atoms with Gasteiger partial charge in [0.05, 0.1) is 24.5 Å². The van der Waals surface area contributed by atoms with Gasteiger partial charge in [0.1, 0.15) is 23.9 Å². The molecule has 2 heterocycles. The number of aryl methyl sites for hydroxylation is 1. The molecule has 1 aliphatic rings. The van der Waals surface area contributed by atoms with Crippen molar-refractivity contribution in [2.45, 2.75) is 20.4 Å². The molecule has 1 N–H and O–H groups in total. The zero-order valence-electron chi connectivity index (χ0n) is 16.5. The first kappa shape index (κ1) is 19.0. The van der Waals surface area contributed by atoms with Gasteiger partial charge in [-0.25, -0.2) is 9.07 Å². The van der Waals surface area contributed by atoms with Crippen molar-refractivity contribution in [1.82, 2.24) is 15.1 Å². The number of rotatable bonds is 5. The first-order valence-corrected chi connectivity index (χ1v) is 9.58. The summed E-state index contributed by atoms with van der Waals surface area (Å²) in [5.74, 6) is -0.0851. The van der Waals surface area contributed by atoms with Gasteiger partial charge in [0, 0.05) is 17.8 Å². The number of aromatic nitrogens is 2. The Kier molecular flexibility index (Phi) is 5.20. The third-order valence-corrected chi connectivity index (χ3v) is 5.12. The third kappa shape index (κ3) is 3.81. The molecule has 1 aromatic heterocycles. The molecule has 0 saturated carbocycles. The van der Waals surface area contributed by atoms with E-state index in [9.17, 15) is 9.18 Å². The molecule has 0 radical (unpaired) electrons. The number of halogens is 1. The molecule has 0 unspecified atom stereocenters. The van der Waals surface area contributed by atoms with Gasteiger partial charge in [-0.15, -0.1) is 0 Å². The Hall–Kier alpha value is -3.35. The fourth-order valence-corrected chi connectivity index (χ4v) is 3.62. The maximum atomic E-state index is 14.2. The van der Waals surface area contributed by atoms with E-state index in [1.807, 2.05) is 48.9 Å². The lowest BCUT2D eigenvalue weighted by atomic mass is 10.2. The molecular formula is C22H23FN4O2. The average molecular weight is 394 g/mol. The first-order chi connectivity index (χ1) is 14.0. The monoisotopic (exact) mass is 394 g/mol. The molecule has 29 heavy (non-hydrogen) atoms. The van der Waals surface area contributed by atoms with Gasteiger partial charge in [0.25, 0.3) is 0 Å². The number of hydrogen-bond acceptors (Lipinski definition) is 4. The van der Waals surface area contributed by atoms with Crippen molar-refractivity contribution < 1.29 is 13.9 Å². The molecular weight excluding hydrogens is 371 g/mol. The molecule has 1 amide bonds. The molecule has 0 fully saturated rings. The van der Waals surface area contributed by atoms with Crippen molar-refractivity contribution in [3.63, 3.8) is 0 Å². The Balaban J connectivity index is 1.45. The van der Waals surface area contributed by atoms with E-state index in [2.05, 4.69) is 10.4 Å². The molecule has 0 atom stereocenters. The molecule has 7 heteroatoms. The summed E-state index contributed by atoms with van der Waals surface area (Å²) in [6, 6.07) is 14.6. The predicted octanol–water partition coefficient (Wildman–Crippen LogP) is 3.14. The van der Waals surface area contributed by atoms with Gasteiger partial charge in [-0.05, 0) is 38.1 Å². The maximum Gasteiger partial charge on any atom is 0.239 e. The predicted molar refractivity (Wildman–Crippen MR) is 109 cm³/mol. The number of fused-ring (bicyclic) bond motifs is 1. The standard InChI is InChI=1S/C22H23FN4O2/c1-15-18(16(2)27(25-15)17-7-4-3-5-8-17)13-24-21(28)14-26-11-12-29-20-10-6-9-19(23)22(20)26/h3-10H,11-14H2,1-2H3,(H,24,28). The lowest BCUT2D eigenvalue weighted by Crippen LogP contribution is -2.41. The highest BCUT2D eigenvalue weighted by Crippen LogP contribution is 2.33. The van der Waals surface area contributed by atoms with E-state index in [1.54, 1.807) is 17.0 Å². The van der Waals surface area contributed by atoms with Crippen molar-refractivity contribution in [2.75, 3.05) is 24.6 Å². The Labute approximate surface area is 168 Å². The summed E-state index contributed by atoms with van der Waals surface area (Å²) < 4.78 is 21.6. The van der Waals surface area contributed by atoms with Crippen LogP contribution < -0.4 is 15.0 Å². The van der Waals surface area contributed by atoms with E-state index >= 15 is 0 Å². The van der Waals surface area contributed by atoms with Crippen LogP contribution in [0.25, 0.3) is 5.69 Å². The molecule has 0 saturated heterocycles. The second-order valence-corrected chi connectivity index (χ2v) is 7.03. The summed E-state index contributed by atoms with van der Waals surface area (Å²) in [6.07, 6.45) is 0. The second-order valence-electron chi connectivity index (χ2n) is 7.03. The molecule has 6 nitrogen and oxygen atoms in total. The smallest absolute Gasteiger partial charge is 0.239 e. The normalized spacial score (nSPS) is 13.0. The molecule has 0 aliphatic carbocycles. The highest BCUT2D eigenvalue weighted by atomic mass is 19.1. The summed E-state index contributed by atoms with van der Waals surface area (Å²) >= 11 is 0. The van der Waals surface area contributed by atoms with Crippen LogP contribution >= 0.6 is 0 Å². The van der Waals surface area contributed by atoms with E-state index in [4.69, 9.17) is 4.74 Å². The molecule has 2 aromatic carbocycles. The fraction of sp³-hybridized carbons (Fsp3) is 0.273. The van der Waals surface area contributed by atoms with Crippen LogP contribution in [0.2, 0.25) is 0 Å². The van der Waals surface area contributed by atoms with Crippen LogP contribution in [0, 0.1) is 19.7 Å². The second kappa shape index (κ2) is 7.95. The lowest BCUT2D eigenvalue weighted by Gasteiger charge is -2.30. The van der Waals surface area contributed by atoms with E-state index in [0.29, 0.717) is 31.1 Å². The number of para-hydroxylation sites is 2. The van der Waals surface area contributed by atoms with Crippen molar-refractivity contribution in [1.29, 1.82) is 0 Å². The number of ether oxygens (including phenoxy) is 1. The first-order valence-electron chi connectivity index (χ1n) is 9.58. The SMILES string of the molecule is Cc1nn(-c2ccccc2)c(C)c1CNC(=O)CN1CCOc2cccc(F)c21. The molecule has 150 valence electrons. The number of amides is 1. The van der Waals surface area contributed by atoms with Crippen molar-refractivity contribution >= 4 is 11.6 Å². The van der Waals surface area contributed by atoms with E-state index in [0.717, 1.165) is 22.6 Å². The Morgan fingerprint density at radius 1 is 1.17 bits per heavy atom. The Bertz CT molecular complexity index is 1030. The number of nitrogens with zero attached hydrogens (tertiary/aromatic N) is 3. The number of nitrogens with one attached hydrogen (secondary N) is 1. The van der Waals surface area contributed by atoms with Crippen LogP contribution in [-0.4, -0.2) is 35.4 Å². The number of benzene rings is 2. The zero-order chi connectivity index (χ0) is 20.4. The molecule has 4 rings (SSSR count). The maximum absolute atomic E-state index is 14.2. The molecule has 3 aromatic rings. The van der Waals surface area contributed by atoms with Crippen molar-refractivity contribution in [3.05, 3.63) is 71.3 Å². The van der Waals surface area contributed by atoms with Gasteiger partial charge in [0.2, 0.25) is 5.91 Å². The van der Waals surface area contributed by atoms with Crippen molar-refractivity contribution in [2.24, 2.45) is 0 Å². The minimum Gasteiger partial charge on any atom is -0.489 e. The van der Waals surface area contributed by atoms with Crippen LogP contribution in [0.1, 0.15) is 17.0 Å². The number of hydrogen-bond donors (Lipinski definition) is 1.